The van der Waals surface area contributed by atoms with Crippen LogP contribution < -0.4 is 4.80 Å². The number of carbonyl (C=O) groups is 1. The van der Waals surface area contributed by atoms with Gasteiger partial charge < -0.3 is 4.57 Å². The molecule has 0 atom stereocenters. The number of halogens is 2. The Labute approximate surface area is 112 Å². The fraction of sp³-hybridized carbons (Fsp3) is 0.167. The monoisotopic (exact) mass is 284 g/mol. The van der Waals surface area contributed by atoms with Crippen LogP contribution in [0.3, 0.4) is 0 Å². The van der Waals surface area contributed by atoms with Gasteiger partial charge in [0.15, 0.2) is 4.80 Å². The van der Waals surface area contributed by atoms with Gasteiger partial charge in [-0.3, -0.25) is 4.79 Å². The van der Waals surface area contributed by atoms with Gasteiger partial charge in [0.2, 0.25) is 0 Å². The van der Waals surface area contributed by atoms with E-state index >= 15 is 0 Å². The van der Waals surface area contributed by atoms with Crippen LogP contribution in [-0.2, 0) is 18.3 Å². The highest BCUT2D eigenvalue weighted by Crippen LogP contribution is 2.19. The molecular weight excluding hydrogens is 275 g/mol. The highest BCUT2D eigenvalue weighted by atomic mass is 35.5. The number of aromatic nitrogens is 1. The van der Waals surface area contributed by atoms with Crippen molar-refractivity contribution in [2.24, 2.45) is 12.0 Å². The van der Waals surface area contributed by atoms with E-state index in [2.05, 4.69) is 4.99 Å². The number of hydrogen-bond donors (Lipinski definition) is 0. The molecule has 0 aliphatic heterocycles. The smallest absolute Gasteiger partial charge is 0.252 e. The summed E-state index contributed by atoms with van der Waals surface area (Å²) in [4.78, 5) is 16.2. The normalized spacial score (nSPS) is 11.8. The van der Waals surface area contributed by atoms with Crippen LogP contribution in [0.2, 0.25) is 5.02 Å². The zero-order chi connectivity index (χ0) is 13.1. The van der Waals surface area contributed by atoms with E-state index in [1.54, 1.807) is 23.9 Å². The molecule has 0 unspecified atom stereocenters. The van der Waals surface area contributed by atoms with Gasteiger partial charge in [0, 0.05) is 29.2 Å². The van der Waals surface area contributed by atoms with Gasteiger partial charge in [-0.2, -0.15) is 4.99 Å². The molecule has 1 aromatic carbocycles. The maximum Gasteiger partial charge on any atom is 0.252 e. The predicted molar refractivity (Wildman–Crippen MR) is 69.0 cm³/mol. The Morgan fingerprint density at radius 3 is 2.94 bits per heavy atom. The number of thiazole rings is 1. The van der Waals surface area contributed by atoms with Gasteiger partial charge in [-0.25, -0.2) is 4.39 Å². The largest absolute Gasteiger partial charge is 0.327 e. The lowest BCUT2D eigenvalue weighted by Gasteiger charge is -2.02. The van der Waals surface area contributed by atoms with E-state index < -0.39 is 11.7 Å². The summed E-state index contributed by atoms with van der Waals surface area (Å²) in [6.45, 7) is 0. The molecule has 18 heavy (non-hydrogen) atoms. The number of amides is 1. The Bertz CT molecular complexity index is 627. The summed E-state index contributed by atoms with van der Waals surface area (Å²) in [6.07, 6.45) is 1.66. The SMILES string of the molecule is Cn1ccsc1=NC(=O)Cc1c(F)cccc1Cl. The van der Waals surface area contributed by atoms with Gasteiger partial charge in [0.1, 0.15) is 5.82 Å². The van der Waals surface area contributed by atoms with Crippen molar-refractivity contribution < 1.29 is 9.18 Å². The van der Waals surface area contributed by atoms with Crippen molar-refractivity contribution in [2.75, 3.05) is 0 Å². The van der Waals surface area contributed by atoms with Crippen molar-refractivity contribution in [2.45, 2.75) is 6.42 Å². The molecule has 1 heterocycles. The highest BCUT2D eigenvalue weighted by Gasteiger charge is 2.11. The molecule has 2 aromatic rings. The first-order valence-corrected chi connectivity index (χ1v) is 6.44. The molecule has 0 fully saturated rings. The Balaban J connectivity index is 2.26. The van der Waals surface area contributed by atoms with Crippen molar-refractivity contribution in [3.8, 4) is 0 Å². The van der Waals surface area contributed by atoms with Crippen LogP contribution in [-0.4, -0.2) is 10.5 Å². The molecule has 0 saturated heterocycles. The van der Waals surface area contributed by atoms with Crippen LogP contribution in [0.4, 0.5) is 4.39 Å². The third kappa shape index (κ3) is 2.86. The minimum atomic E-state index is -0.485. The summed E-state index contributed by atoms with van der Waals surface area (Å²) in [6, 6.07) is 4.33. The van der Waals surface area contributed by atoms with E-state index in [1.807, 2.05) is 5.38 Å². The zero-order valence-corrected chi connectivity index (χ0v) is 11.1. The molecule has 1 amide bonds. The molecule has 0 aliphatic carbocycles. The van der Waals surface area contributed by atoms with Crippen molar-refractivity contribution in [1.29, 1.82) is 0 Å². The fourth-order valence-electron chi connectivity index (χ4n) is 1.43. The van der Waals surface area contributed by atoms with E-state index in [9.17, 15) is 9.18 Å². The Kier molecular flexibility index (Phi) is 3.93. The topological polar surface area (TPSA) is 34.4 Å². The summed E-state index contributed by atoms with van der Waals surface area (Å²) in [5.41, 5.74) is 0.187. The molecule has 0 saturated carbocycles. The Morgan fingerprint density at radius 1 is 1.56 bits per heavy atom. The summed E-state index contributed by atoms with van der Waals surface area (Å²) in [7, 11) is 1.79. The van der Waals surface area contributed by atoms with Crippen LogP contribution in [0.5, 0.6) is 0 Å². The maximum atomic E-state index is 13.5. The van der Waals surface area contributed by atoms with Crippen molar-refractivity contribution >= 4 is 28.8 Å². The molecule has 0 spiro atoms. The molecule has 0 N–H and O–H groups in total. The molecule has 3 nitrogen and oxygen atoms in total. The standard InChI is InChI=1S/C12H10ClFN2OS/c1-16-5-6-18-12(16)15-11(17)7-8-9(13)3-2-4-10(8)14/h2-6H,7H2,1H3. The molecular formula is C12H10ClFN2OS. The van der Waals surface area contributed by atoms with Crippen LogP contribution in [0.1, 0.15) is 5.56 Å². The van der Waals surface area contributed by atoms with E-state index in [4.69, 9.17) is 11.6 Å². The molecule has 0 bridgehead atoms. The van der Waals surface area contributed by atoms with Gasteiger partial charge in [0.25, 0.3) is 5.91 Å². The molecule has 0 radical (unpaired) electrons. The number of hydrogen-bond acceptors (Lipinski definition) is 2. The first kappa shape index (κ1) is 13.0. The van der Waals surface area contributed by atoms with Crippen LogP contribution in [0.25, 0.3) is 0 Å². The van der Waals surface area contributed by atoms with E-state index in [1.165, 1.54) is 23.5 Å². The average molecular weight is 285 g/mol. The molecule has 6 heteroatoms. The molecule has 1 aromatic heterocycles. The zero-order valence-electron chi connectivity index (χ0n) is 9.56. The van der Waals surface area contributed by atoms with Gasteiger partial charge in [-0.15, -0.1) is 11.3 Å². The third-order valence-electron chi connectivity index (χ3n) is 2.37. The Hall–Kier alpha value is -1.46. The number of benzene rings is 1. The minimum Gasteiger partial charge on any atom is -0.327 e. The van der Waals surface area contributed by atoms with Gasteiger partial charge in [-0.05, 0) is 12.1 Å². The first-order valence-electron chi connectivity index (χ1n) is 5.18. The van der Waals surface area contributed by atoms with Gasteiger partial charge in [0.05, 0.1) is 6.42 Å². The second kappa shape index (κ2) is 5.46. The predicted octanol–water partition coefficient (Wildman–Crippen LogP) is 2.55. The molecule has 2 rings (SSSR count). The van der Waals surface area contributed by atoms with Gasteiger partial charge >= 0.3 is 0 Å². The van der Waals surface area contributed by atoms with Crippen LogP contribution >= 0.6 is 22.9 Å². The lowest BCUT2D eigenvalue weighted by Crippen LogP contribution is -2.14. The number of carbonyl (C=O) groups excluding carboxylic acids is 1. The third-order valence-corrected chi connectivity index (χ3v) is 3.57. The number of aryl methyl sites for hydroxylation is 1. The van der Waals surface area contributed by atoms with E-state index in [0.717, 1.165) is 0 Å². The number of nitrogens with zero attached hydrogens (tertiary/aromatic N) is 2. The van der Waals surface area contributed by atoms with Gasteiger partial charge in [-0.1, -0.05) is 17.7 Å². The van der Waals surface area contributed by atoms with Crippen LogP contribution in [0, 0.1) is 5.82 Å². The first-order chi connectivity index (χ1) is 8.58. The van der Waals surface area contributed by atoms with E-state index in [0.29, 0.717) is 4.80 Å². The summed E-state index contributed by atoms with van der Waals surface area (Å²) < 4.78 is 15.2. The lowest BCUT2D eigenvalue weighted by atomic mass is 10.1. The summed E-state index contributed by atoms with van der Waals surface area (Å²) >= 11 is 7.20. The molecule has 94 valence electrons. The highest BCUT2D eigenvalue weighted by molar-refractivity contribution is 7.07. The Morgan fingerprint density at radius 2 is 2.33 bits per heavy atom. The second-order valence-corrected chi connectivity index (χ2v) is 4.96. The maximum absolute atomic E-state index is 13.5. The van der Waals surface area contributed by atoms with Crippen LogP contribution in [0.15, 0.2) is 34.8 Å². The number of rotatable bonds is 2. The fourth-order valence-corrected chi connectivity index (χ4v) is 2.41. The van der Waals surface area contributed by atoms with E-state index in [-0.39, 0.29) is 17.0 Å². The molecule has 0 aliphatic rings. The minimum absolute atomic E-state index is 0.136. The summed E-state index contributed by atoms with van der Waals surface area (Å²) in [5, 5.41) is 2.07. The van der Waals surface area contributed by atoms with Crippen molar-refractivity contribution in [3.63, 3.8) is 0 Å². The van der Waals surface area contributed by atoms with Crippen molar-refractivity contribution in [3.05, 3.63) is 51.0 Å². The quantitative estimate of drug-likeness (QED) is 0.834. The lowest BCUT2D eigenvalue weighted by molar-refractivity contribution is -0.117. The summed E-state index contributed by atoms with van der Waals surface area (Å²) in [5.74, 6) is -0.901. The average Bonchev–Trinajstić information content (AvgIpc) is 2.70. The van der Waals surface area contributed by atoms with Crippen molar-refractivity contribution in [1.82, 2.24) is 4.57 Å². The second-order valence-electron chi connectivity index (χ2n) is 3.68.